The normalized spacial score (nSPS) is 11.0. The van der Waals surface area contributed by atoms with Crippen molar-refractivity contribution in [3.05, 3.63) is 146 Å². The van der Waals surface area contributed by atoms with Crippen molar-refractivity contribution < 1.29 is 146 Å². The largest absolute Gasteiger partial charge is 0.748 e. The van der Waals surface area contributed by atoms with Crippen LogP contribution in [0.3, 0.4) is 0 Å². The summed E-state index contributed by atoms with van der Waals surface area (Å²) in [6, 6.07) is 20.6. The summed E-state index contributed by atoms with van der Waals surface area (Å²) in [6.45, 7) is 0.989. The first-order chi connectivity index (χ1) is 47.9. The molecule has 33 nitrogen and oxygen atoms in total. The first-order valence-electron chi connectivity index (χ1n) is 29.0. The second kappa shape index (κ2) is 44.8. The van der Waals surface area contributed by atoms with Crippen LogP contribution in [-0.2, 0) is 127 Å². The number of benzene rings is 5. The molecule has 103 heavy (non-hydrogen) atoms. The molecule has 0 atom stereocenters. The fourth-order valence-corrected chi connectivity index (χ4v) is 8.82. The zero-order valence-electron chi connectivity index (χ0n) is 55.5. The van der Waals surface area contributed by atoms with Crippen LogP contribution in [0.5, 0.6) is 23.0 Å². The summed E-state index contributed by atoms with van der Waals surface area (Å²) in [5.74, 6) is -8.83. The van der Waals surface area contributed by atoms with Crippen molar-refractivity contribution in [1.82, 2.24) is 0 Å². The van der Waals surface area contributed by atoms with E-state index in [1.807, 2.05) is 0 Å². The van der Waals surface area contributed by atoms with Gasteiger partial charge in [0.05, 0.1) is 157 Å². The molecule has 5 rings (SSSR count). The Morgan fingerprint density at radius 3 is 1.00 bits per heavy atom. The minimum absolute atomic E-state index is 0.0115. The fraction of sp³-hybridized carbons (Fsp3) is 0.356. The van der Waals surface area contributed by atoms with Gasteiger partial charge in [-0.3, -0.25) is 14.4 Å². The molecule has 44 heteroatoms. The Morgan fingerprint density at radius 1 is 0.350 bits per heavy atom. The average molecular weight is 1520 g/mol. The molecule has 0 aliphatic rings. The highest BCUT2D eigenvalue weighted by Crippen LogP contribution is 2.27. The number of hydrogen-bond donors (Lipinski definition) is 1. The molecule has 5 aromatic rings. The smallest absolute Gasteiger partial charge is 0.341 e. The molecule has 5 aromatic carbocycles. The summed E-state index contributed by atoms with van der Waals surface area (Å²) in [5, 5.41) is 2.54. The van der Waals surface area contributed by atoms with Gasteiger partial charge in [0.25, 0.3) is 0 Å². The van der Waals surface area contributed by atoms with Gasteiger partial charge in [-0.1, -0.05) is 79.4 Å². The van der Waals surface area contributed by atoms with Crippen molar-refractivity contribution >= 4 is 151 Å². The lowest BCUT2D eigenvalue weighted by Crippen LogP contribution is -2.17. The van der Waals surface area contributed by atoms with E-state index in [2.05, 4.69) is 19.5 Å². The Labute approximate surface area is 602 Å². The zero-order valence-corrected chi connectivity index (χ0v) is 59.5. The number of carbonyl (C=O) groups excluding carboxylic acids is 8. The second-order valence-electron chi connectivity index (χ2n) is 20.0. The van der Waals surface area contributed by atoms with Gasteiger partial charge in [-0.05, 0) is 76.9 Å². The molecule has 0 bridgehead atoms. The number of hydrogen-bond acceptors (Lipinski definition) is 32. The fourth-order valence-electron chi connectivity index (χ4n) is 7.38. The van der Waals surface area contributed by atoms with Crippen LogP contribution in [0.25, 0.3) is 0 Å². The minimum atomic E-state index is -4.48. The van der Waals surface area contributed by atoms with Crippen molar-refractivity contribution in [2.75, 3.05) is 81.3 Å². The third kappa shape index (κ3) is 38.5. The van der Waals surface area contributed by atoms with Crippen LogP contribution in [0.4, 0.5) is 5.69 Å². The molecule has 0 aromatic heterocycles. The molecule has 0 saturated heterocycles. The predicted molar refractivity (Wildman–Crippen MR) is 363 cm³/mol. The Hall–Kier alpha value is -8.60. The maximum Gasteiger partial charge on any atom is 0.341 e. The van der Waals surface area contributed by atoms with Gasteiger partial charge >= 0.3 is 41.8 Å². The van der Waals surface area contributed by atoms with E-state index in [1.165, 1.54) is 88.7 Å². The van der Waals surface area contributed by atoms with Crippen LogP contribution in [0.2, 0.25) is 0 Å². The summed E-state index contributed by atoms with van der Waals surface area (Å²) < 4.78 is 199. The van der Waals surface area contributed by atoms with Crippen LogP contribution >= 0.6 is 0 Å². The second-order valence-corrected chi connectivity index (χ2v) is 27.6. The Kier molecular flexibility index (Phi) is 40.2. The quantitative estimate of drug-likeness (QED) is 0.0197. The summed E-state index contributed by atoms with van der Waals surface area (Å²) in [7, 11) is 13.7. The van der Waals surface area contributed by atoms with E-state index >= 15 is 0 Å². The van der Waals surface area contributed by atoms with Crippen molar-refractivity contribution in [3.63, 3.8) is 0 Å². The third-order valence-corrected chi connectivity index (χ3v) is 15.5. The maximum atomic E-state index is 12.0. The van der Waals surface area contributed by atoms with Gasteiger partial charge in [-0.25, -0.2) is 66.1 Å². The highest BCUT2D eigenvalue weighted by atomic mass is 32.2. The number of carbonyl (C=O) groups is 8. The van der Waals surface area contributed by atoms with E-state index < -0.39 is 154 Å². The highest BCUT2D eigenvalue weighted by molar-refractivity contribution is 7.86. The molecular formula is C59H62B6NO32S5-5. The van der Waals surface area contributed by atoms with Crippen LogP contribution in [0.1, 0.15) is 106 Å². The maximum absolute atomic E-state index is 12.0. The summed E-state index contributed by atoms with van der Waals surface area (Å²) in [5.41, 5.74) is 4.37. The van der Waals surface area contributed by atoms with Gasteiger partial charge in [-0.2, -0.15) is 0 Å². The Morgan fingerprint density at radius 2 is 0.670 bits per heavy atom. The number of amides is 1. The molecular weight excluding hydrogens is 1460 g/mol. The van der Waals surface area contributed by atoms with E-state index in [-0.39, 0.29) is 82.6 Å². The van der Waals surface area contributed by atoms with E-state index in [4.69, 9.17) is 75.5 Å². The topological polar surface area (TPSA) is 518 Å². The molecule has 0 unspecified atom stereocenters. The number of rotatable bonds is 31. The van der Waals surface area contributed by atoms with Gasteiger partial charge in [0.15, 0.2) is 0 Å². The van der Waals surface area contributed by atoms with E-state index in [1.54, 1.807) is 24.3 Å². The highest BCUT2D eigenvalue weighted by Gasteiger charge is 2.20. The monoisotopic (exact) mass is 1520 g/mol. The van der Waals surface area contributed by atoms with Crippen LogP contribution in [0, 0.1) is 0 Å². The lowest BCUT2D eigenvalue weighted by molar-refractivity contribution is -0.132. The van der Waals surface area contributed by atoms with Crippen LogP contribution in [0.15, 0.2) is 84.9 Å². The summed E-state index contributed by atoms with van der Waals surface area (Å²) in [4.78, 5) is 91.9. The lowest BCUT2D eigenvalue weighted by atomic mass is 9.87. The van der Waals surface area contributed by atoms with Crippen molar-refractivity contribution in [1.29, 1.82) is 0 Å². The summed E-state index contributed by atoms with van der Waals surface area (Å²) in [6.07, 6.45) is 0.960. The molecule has 0 aliphatic carbocycles. The first-order valence-corrected chi connectivity index (χ1v) is 36.9. The van der Waals surface area contributed by atoms with Gasteiger partial charge < -0.3 is 70.7 Å². The van der Waals surface area contributed by atoms with E-state index in [9.17, 15) is 103 Å². The van der Waals surface area contributed by atoms with Gasteiger partial charge in [0.2, 0.25) is 5.91 Å². The third-order valence-electron chi connectivity index (χ3n) is 12.1. The number of anilines is 1. The van der Waals surface area contributed by atoms with Gasteiger partial charge in [-0.15, -0.1) is 0 Å². The minimum Gasteiger partial charge on any atom is -0.748 e. The first kappa shape index (κ1) is 92.4. The molecule has 1 amide bonds. The number of nitrogens with one attached hydrogen (secondary N) is 1. The van der Waals surface area contributed by atoms with Crippen molar-refractivity contribution in [3.8, 4) is 23.0 Å². The number of esters is 7. The number of ether oxygens (including phenoxy) is 9. The Bertz CT molecular complexity index is 4370. The van der Waals surface area contributed by atoms with Gasteiger partial charge in [0.1, 0.15) is 67.2 Å². The summed E-state index contributed by atoms with van der Waals surface area (Å²) >= 11 is 0. The van der Waals surface area contributed by atoms with Gasteiger partial charge in [0, 0.05) is 26.5 Å². The zero-order chi connectivity index (χ0) is 78.6. The van der Waals surface area contributed by atoms with Crippen molar-refractivity contribution in [2.45, 2.75) is 58.7 Å². The molecule has 548 valence electrons. The average Bonchev–Trinajstić information content (AvgIpc) is 0.833. The molecule has 0 spiro atoms. The predicted octanol–water partition coefficient (Wildman–Crippen LogP) is -0.220. The van der Waals surface area contributed by atoms with E-state index in [0.717, 1.165) is 18.1 Å². The van der Waals surface area contributed by atoms with E-state index in [0.29, 0.717) is 40.0 Å². The molecule has 0 heterocycles. The lowest BCUT2D eigenvalue weighted by Gasteiger charge is -2.15. The standard InChI is InChI=1S/C13H15B2NO6S.2C12H13BO7S.2C11H13BO6S/c1-8(17)16-12-5-11(9(6-14)4-10(12)7-15)13(18)22-2-3-23(19,20)21;1-8(14)20-11-6-9(2-3-10(11)7-13)12(15)19-4-5-21(16,17)18;1-8(14)20-11-6-9(7-13)2-3-10(11)12(15)19-4-5-21(16,17)18;1-17-10-6-8(2-3-9(10)7-12)11(13)18-4-5-19(14,15)16;1-17-10-6-8(7-12)2-3-9(10)11(13)18-4-5-19(14,15)16/h4-5H,2-3,6-7H2,1H3,(H,16,17)(H,19,20,21);2*2-3,6H,4-5,7H2,1H3,(H,16,17,18);2*2-3,6H,4-5,7H2,1H3,(H,14,15,16)/p-5. The van der Waals surface area contributed by atoms with Crippen LogP contribution in [-0.4, -0.2) is 236 Å². The SMILES string of the molecule is [B]Cc1cc(C[B])c(C(=O)OCCS(=O)(=O)[O-])cc1NC(C)=O.[B]Cc1ccc(C(=O)OCCS(=O)(=O)[O-])c(OC(C)=O)c1.[B]Cc1ccc(C(=O)OCCS(=O)(=O)[O-])c(OC)c1.[B]Cc1ccc(C(=O)OCCS(=O)(=O)[O-])cc1OC.[B]Cc1ccc(C(=O)OCCS(=O)(=O)[O-])cc1OC(C)=O. The Balaban J connectivity index is 0.000000645. The molecule has 0 saturated carbocycles. The molecule has 1 N–H and O–H groups in total. The number of methoxy groups -OCH3 is 2. The molecule has 12 radical (unpaired) electrons. The molecule has 0 aliphatic heterocycles. The van der Waals surface area contributed by atoms with Crippen LogP contribution < -0.4 is 24.3 Å². The van der Waals surface area contributed by atoms with Crippen molar-refractivity contribution in [2.24, 2.45) is 0 Å². The molecule has 0 fully saturated rings.